The van der Waals surface area contributed by atoms with Crippen LogP contribution in [-0.2, 0) is 9.59 Å². The number of benzene rings is 3. The average molecular weight is 465 g/mol. The van der Waals surface area contributed by atoms with E-state index in [1.165, 1.54) is 18.9 Å². The van der Waals surface area contributed by atoms with Crippen molar-refractivity contribution >= 4 is 46.6 Å². The lowest BCUT2D eigenvalue weighted by atomic mass is 10.1. The number of imide groups is 1. The molecule has 0 radical (unpaired) electrons. The molecule has 7 heteroatoms. The number of nitrogens with one attached hydrogen (secondary N) is 1. The van der Waals surface area contributed by atoms with E-state index in [9.17, 15) is 9.59 Å². The number of hydrogen-bond acceptors (Lipinski definition) is 5. The maximum atomic E-state index is 13.5. The van der Waals surface area contributed by atoms with E-state index in [0.717, 1.165) is 26.6 Å². The third-order valence-corrected chi connectivity index (χ3v) is 6.61. The van der Waals surface area contributed by atoms with Crippen LogP contribution < -0.4 is 15.0 Å². The van der Waals surface area contributed by atoms with Gasteiger partial charge in [0.15, 0.2) is 0 Å². The van der Waals surface area contributed by atoms with E-state index < -0.39 is 11.8 Å². The molecule has 0 aromatic heterocycles. The number of aryl methyl sites for hydroxylation is 1. The highest BCUT2D eigenvalue weighted by Crippen LogP contribution is 2.40. The van der Waals surface area contributed by atoms with Gasteiger partial charge in [-0.05, 0) is 67.4 Å². The van der Waals surface area contributed by atoms with Gasteiger partial charge in [0.25, 0.3) is 11.8 Å². The van der Waals surface area contributed by atoms with Gasteiger partial charge in [0, 0.05) is 15.6 Å². The van der Waals surface area contributed by atoms with Gasteiger partial charge in [-0.25, -0.2) is 4.90 Å². The number of hydrogen-bond donors (Lipinski definition) is 1. The second-order valence-electron chi connectivity index (χ2n) is 7.25. The Morgan fingerprint density at radius 1 is 0.906 bits per heavy atom. The molecule has 1 heterocycles. The number of rotatable bonds is 6. The van der Waals surface area contributed by atoms with Gasteiger partial charge < -0.3 is 10.1 Å². The molecule has 0 bridgehead atoms. The molecule has 4 rings (SSSR count). The Kier molecular flexibility index (Phi) is 6.26. The van der Waals surface area contributed by atoms with Gasteiger partial charge in [0.05, 0.1) is 12.8 Å². The number of methoxy groups -OCH3 is 1. The van der Waals surface area contributed by atoms with E-state index in [-0.39, 0.29) is 5.70 Å². The first-order valence-electron chi connectivity index (χ1n) is 9.93. The highest BCUT2D eigenvalue weighted by atomic mass is 35.5. The van der Waals surface area contributed by atoms with Crippen LogP contribution >= 0.6 is 23.4 Å². The summed E-state index contributed by atoms with van der Waals surface area (Å²) in [4.78, 5) is 29.3. The quantitative estimate of drug-likeness (QED) is 0.456. The van der Waals surface area contributed by atoms with Gasteiger partial charge >= 0.3 is 0 Å². The largest absolute Gasteiger partial charge is 0.495 e. The molecule has 0 aliphatic carbocycles. The lowest BCUT2D eigenvalue weighted by Gasteiger charge is -2.18. The molecule has 1 aliphatic rings. The van der Waals surface area contributed by atoms with Crippen molar-refractivity contribution in [3.63, 3.8) is 0 Å². The molecular weight excluding hydrogens is 444 g/mol. The molecule has 0 unspecified atom stereocenters. The van der Waals surface area contributed by atoms with Crippen molar-refractivity contribution in [2.75, 3.05) is 17.3 Å². The number of halogens is 1. The molecule has 2 amide bonds. The molecule has 5 nitrogen and oxygen atoms in total. The average Bonchev–Trinajstić information content (AvgIpc) is 3.02. The fourth-order valence-electron chi connectivity index (χ4n) is 3.39. The van der Waals surface area contributed by atoms with Crippen LogP contribution in [0.25, 0.3) is 0 Å². The summed E-state index contributed by atoms with van der Waals surface area (Å²) < 4.78 is 5.40. The molecule has 0 saturated carbocycles. The number of anilines is 2. The fourth-order valence-corrected chi connectivity index (χ4v) is 4.44. The fraction of sp³-hybridized carbons (Fsp3) is 0.120. The Bertz CT molecular complexity index is 1240. The molecule has 0 atom stereocenters. The minimum absolute atomic E-state index is 0.231. The minimum Gasteiger partial charge on any atom is -0.495 e. The first-order valence-corrected chi connectivity index (χ1v) is 11.1. The zero-order chi connectivity index (χ0) is 22.8. The Morgan fingerprint density at radius 3 is 2.34 bits per heavy atom. The normalized spacial score (nSPS) is 13.7. The summed E-state index contributed by atoms with van der Waals surface area (Å²) in [5.41, 5.74) is 3.50. The van der Waals surface area contributed by atoms with Crippen molar-refractivity contribution in [1.29, 1.82) is 0 Å². The van der Waals surface area contributed by atoms with Crippen molar-refractivity contribution in [3.8, 4) is 5.75 Å². The number of carbonyl (C=O) groups excluding carboxylic acids is 2. The van der Waals surface area contributed by atoms with Crippen molar-refractivity contribution in [3.05, 3.63) is 93.5 Å². The molecule has 0 fully saturated rings. The molecule has 3 aromatic rings. The summed E-state index contributed by atoms with van der Waals surface area (Å²) >= 11 is 7.23. The third kappa shape index (κ3) is 4.11. The molecular formula is C25H21ClN2O3S. The van der Waals surface area contributed by atoms with Crippen LogP contribution in [0.4, 0.5) is 11.4 Å². The second kappa shape index (κ2) is 9.10. The standard InChI is InChI=1S/C25H21ClN2O3S/c1-15-7-6-8-19(16(15)2)27-22-23(32-18-13-11-17(26)12-14-18)25(30)28(24(22)29)20-9-4-5-10-21(20)31-3/h4-14,27H,1-3H3. The maximum Gasteiger partial charge on any atom is 0.283 e. The third-order valence-electron chi connectivity index (χ3n) is 5.27. The zero-order valence-electron chi connectivity index (χ0n) is 17.8. The predicted octanol–water partition coefficient (Wildman–Crippen LogP) is 5.95. The minimum atomic E-state index is -0.433. The SMILES string of the molecule is COc1ccccc1N1C(=O)C(Nc2cccc(C)c2C)=C(Sc2ccc(Cl)cc2)C1=O. The summed E-state index contributed by atoms with van der Waals surface area (Å²) in [7, 11) is 1.51. The van der Waals surface area contributed by atoms with Crippen LogP contribution in [0.2, 0.25) is 5.02 Å². The smallest absolute Gasteiger partial charge is 0.283 e. The Balaban J connectivity index is 1.80. The predicted molar refractivity (Wildman–Crippen MR) is 129 cm³/mol. The lowest BCUT2D eigenvalue weighted by Crippen LogP contribution is -2.32. The van der Waals surface area contributed by atoms with Crippen LogP contribution in [0, 0.1) is 13.8 Å². The van der Waals surface area contributed by atoms with E-state index >= 15 is 0 Å². The number of ether oxygens (including phenoxy) is 1. The van der Waals surface area contributed by atoms with Gasteiger partial charge in [-0.3, -0.25) is 9.59 Å². The Labute approximate surface area is 196 Å². The first-order chi connectivity index (χ1) is 15.4. The van der Waals surface area contributed by atoms with Crippen LogP contribution in [0.15, 0.2) is 82.2 Å². The highest BCUT2D eigenvalue weighted by Gasteiger charge is 2.41. The summed E-state index contributed by atoms with van der Waals surface area (Å²) in [5.74, 6) is -0.401. The molecule has 32 heavy (non-hydrogen) atoms. The van der Waals surface area contributed by atoms with E-state index in [4.69, 9.17) is 16.3 Å². The van der Waals surface area contributed by atoms with Crippen molar-refractivity contribution in [1.82, 2.24) is 0 Å². The topological polar surface area (TPSA) is 58.6 Å². The van der Waals surface area contributed by atoms with Crippen molar-refractivity contribution in [2.45, 2.75) is 18.7 Å². The van der Waals surface area contributed by atoms with Gasteiger partial charge in [-0.15, -0.1) is 0 Å². The van der Waals surface area contributed by atoms with Crippen molar-refractivity contribution < 1.29 is 14.3 Å². The number of thioether (sulfide) groups is 1. The van der Waals surface area contributed by atoms with Crippen LogP contribution in [-0.4, -0.2) is 18.9 Å². The van der Waals surface area contributed by atoms with Gasteiger partial charge in [0.2, 0.25) is 0 Å². The summed E-state index contributed by atoms with van der Waals surface area (Å²) in [6.45, 7) is 3.98. The highest BCUT2D eigenvalue weighted by molar-refractivity contribution is 8.04. The molecule has 0 saturated heterocycles. The second-order valence-corrected chi connectivity index (χ2v) is 8.77. The summed E-state index contributed by atoms with van der Waals surface area (Å²) in [6, 6.07) is 19.9. The van der Waals surface area contributed by atoms with E-state index in [2.05, 4.69) is 5.32 Å². The monoisotopic (exact) mass is 464 g/mol. The Morgan fingerprint density at radius 2 is 1.62 bits per heavy atom. The molecule has 0 spiro atoms. The van der Waals surface area contributed by atoms with Gasteiger partial charge in [-0.1, -0.05) is 47.6 Å². The van der Waals surface area contributed by atoms with Crippen LogP contribution in [0.5, 0.6) is 5.75 Å². The zero-order valence-corrected chi connectivity index (χ0v) is 19.4. The van der Waals surface area contributed by atoms with E-state index in [1.54, 1.807) is 36.4 Å². The summed E-state index contributed by atoms with van der Waals surface area (Å²) in [6.07, 6.45) is 0. The molecule has 1 N–H and O–H groups in total. The van der Waals surface area contributed by atoms with Crippen LogP contribution in [0.1, 0.15) is 11.1 Å². The van der Waals surface area contributed by atoms with E-state index in [1.807, 2.05) is 44.2 Å². The number of carbonyl (C=O) groups is 2. The Hall–Kier alpha value is -3.22. The van der Waals surface area contributed by atoms with Gasteiger partial charge in [-0.2, -0.15) is 0 Å². The lowest BCUT2D eigenvalue weighted by molar-refractivity contribution is -0.120. The molecule has 3 aromatic carbocycles. The van der Waals surface area contributed by atoms with E-state index in [0.29, 0.717) is 21.4 Å². The molecule has 162 valence electrons. The number of nitrogens with zero attached hydrogens (tertiary/aromatic N) is 1. The molecule has 1 aliphatic heterocycles. The summed E-state index contributed by atoms with van der Waals surface area (Å²) in [5, 5.41) is 3.83. The number of para-hydroxylation sites is 2. The maximum absolute atomic E-state index is 13.5. The van der Waals surface area contributed by atoms with Gasteiger partial charge in [0.1, 0.15) is 16.4 Å². The van der Waals surface area contributed by atoms with Crippen molar-refractivity contribution in [2.24, 2.45) is 0 Å². The number of amides is 2. The first kappa shape index (κ1) is 22.0. The van der Waals surface area contributed by atoms with Crippen LogP contribution in [0.3, 0.4) is 0 Å².